The van der Waals surface area contributed by atoms with Crippen molar-refractivity contribution in [2.45, 2.75) is 57.3 Å². The van der Waals surface area contributed by atoms with Gasteiger partial charge in [0.05, 0.1) is 0 Å². The fourth-order valence-corrected chi connectivity index (χ4v) is 2.54. The van der Waals surface area contributed by atoms with Gasteiger partial charge in [0.2, 0.25) is 5.60 Å². The molecule has 1 aliphatic carbocycles. The Hall–Kier alpha value is -0.650. The highest BCUT2D eigenvalue weighted by molar-refractivity contribution is 5.81. The van der Waals surface area contributed by atoms with Crippen LogP contribution in [-0.4, -0.2) is 34.9 Å². The van der Waals surface area contributed by atoms with Gasteiger partial charge in [0.1, 0.15) is 11.7 Å². The van der Waals surface area contributed by atoms with E-state index in [1.165, 1.54) is 0 Å². The molecule has 1 aliphatic heterocycles. The molecule has 0 aromatic heterocycles. The van der Waals surface area contributed by atoms with Gasteiger partial charge in [-0.3, -0.25) is 4.84 Å². The van der Waals surface area contributed by atoms with Crippen LogP contribution < -0.4 is 5.48 Å². The van der Waals surface area contributed by atoms with Crippen molar-refractivity contribution in [2.75, 3.05) is 6.54 Å². The predicted octanol–water partition coefficient (Wildman–Crippen LogP) is 0.763. The second-order valence-corrected chi connectivity index (χ2v) is 5.94. The quantitative estimate of drug-likeness (QED) is 0.666. The first-order chi connectivity index (χ1) is 7.85. The number of hydroxylamine groups is 1. The lowest BCUT2D eigenvalue weighted by Gasteiger charge is -2.47. The Morgan fingerprint density at radius 2 is 2.24 bits per heavy atom. The van der Waals surface area contributed by atoms with Crippen molar-refractivity contribution in [1.82, 2.24) is 5.48 Å². The number of ether oxygens (including phenoxy) is 1. The number of hydrogen-bond acceptors (Lipinski definition) is 5. The average molecular weight is 243 g/mol. The molecule has 5 heteroatoms. The van der Waals surface area contributed by atoms with Crippen molar-refractivity contribution in [3.05, 3.63) is 0 Å². The molecular weight excluding hydrogens is 222 g/mol. The van der Waals surface area contributed by atoms with Gasteiger partial charge in [0.25, 0.3) is 0 Å². The molecule has 3 unspecified atom stereocenters. The third kappa shape index (κ3) is 2.32. The van der Waals surface area contributed by atoms with E-state index in [0.717, 1.165) is 12.8 Å². The monoisotopic (exact) mass is 243 g/mol. The van der Waals surface area contributed by atoms with Crippen molar-refractivity contribution in [3.63, 3.8) is 0 Å². The Morgan fingerprint density at radius 1 is 1.53 bits per heavy atom. The van der Waals surface area contributed by atoms with Crippen LogP contribution in [0.4, 0.5) is 0 Å². The summed E-state index contributed by atoms with van der Waals surface area (Å²) in [6, 6.07) is 0. The highest BCUT2D eigenvalue weighted by Gasteiger charge is 2.56. The fourth-order valence-electron chi connectivity index (χ4n) is 2.54. The van der Waals surface area contributed by atoms with Crippen LogP contribution in [0.3, 0.4) is 0 Å². The van der Waals surface area contributed by atoms with E-state index in [1.54, 1.807) is 0 Å². The molecule has 2 bridgehead atoms. The van der Waals surface area contributed by atoms with Crippen molar-refractivity contribution in [1.29, 1.82) is 0 Å². The topological polar surface area (TPSA) is 67.8 Å². The zero-order chi connectivity index (χ0) is 12.7. The Kier molecular flexibility index (Phi) is 3.18. The van der Waals surface area contributed by atoms with Crippen LogP contribution in [0.5, 0.6) is 0 Å². The standard InChI is InChI=1S/C12H21NO4/c1-11(2,3)16-10(15)12-6-4-5-8(9(12)14)7-13-17-12/h8-9,13-14H,4-7H2,1-3H3. The summed E-state index contributed by atoms with van der Waals surface area (Å²) in [6.45, 7) is 6.02. The average Bonchev–Trinajstić information content (AvgIpc) is 2.14. The Balaban J connectivity index is 2.18. The van der Waals surface area contributed by atoms with Gasteiger partial charge >= 0.3 is 5.97 Å². The lowest BCUT2D eigenvalue weighted by molar-refractivity contribution is -0.249. The molecule has 2 fully saturated rings. The van der Waals surface area contributed by atoms with Gasteiger partial charge in [-0.05, 0) is 40.0 Å². The smallest absolute Gasteiger partial charge is 0.343 e. The molecular formula is C12H21NO4. The number of aliphatic hydroxyl groups excluding tert-OH is 1. The third-order valence-corrected chi connectivity index (χ3v) is 3.39. The summed E-state index contributed by atoms with van der Waals surface area (Å²) >= 11 is 0. The van der Waals surface area contributed by atoms with Crippen LogP contribution in [-0.2, 0) is 14.4 Å². The highest BCUT2D eigenvalue weighted by atomic mass is 16.7. The summed E-state index contributed by atoms with van der Waals surface area (Å²) in [7, 11) is 0. The maximum Gasteiger partial charge on any atom is 0.343 e. The summed E-state index contributed by atoms with van der Waals surface area (Å²) in [4.78, 5) is 17.6. The van der Waals surface area contributed by atoms with E-state index in [1.807, 2.05) is 20.8 Å². The molecule has 0 aromatic rings. The molecule has 17 heavy (non-hydrogen) atoms. The molecule has 1 heterocycles. The van der Waals surface area contributed by atoms with Crippen LogP contribution in [0, 0.1) is 5.92 Å². The summed E-state index contributed by atoms with van der Waals surface area (Å²) in [5.74, 6) is -0.389. The van der Waals surface area contributed by atoms with Crippen LogP contribution in [0.2, 0.25) is 0 Å². The number of rotatable bonds is 1. The first-order valence-corrected chi connectivity index (χ1v) is 6.17. The van der Waals surface area contributed by atoms with Gasteiger partial charge in [-0.25, -0.2) is 10.3 Å². The molecule has 5 nitrogen and oxygen atoms in total. The number of hydrogen-bond donors (Lipinski definition) is 2. The number of nitrogens with one attached hydrogen (secondary N) is 1. The minimum absolute atomic E-state index is 0.0741. The second kappa shape index (κ2) is 4.23. The van der Waals surface area contributed by atoms with Gasteiger partial charge in [-0.15, -0.1) is 0 Å². The maximum absolute atomic E-state index is 12.2. The molecule has 0 spiro atoms. The van der Waals surface area contributed by atoms with E-state index < -0.39 is 23.3 Å². The molecule has 1 saturated heterocycles. The molecule has 2 rings (SSSR count). The van der Waals surface area contributed by atoms with Gasteiger partial charge in [0.15, 0.2) is 0 Å². The normalized spacial score (nSPS) is 37.6. The zero-order valence-corrected chi connectivity index (χ0v) is 10.7. The van der Waals surface area contributed by atoms with E-state index in [9.17, 15) is 9.90 Å². The Bertz CT molecular complexity index is 300. The number of aliphatic hydroxyl groups is 1. The van der Waals surface area contributed by atoms with Crippen LogP contribution >= 0.6 is 0 Å². The lowest BCUT2D eigenvalue weighted by atomic mass is 9.74. The van der Waals surface area contributed by atoms with E-state index >= 15 is 0 Å². The Morgan fingerprint density at radius 3 is 2.88 bits per heavy atom. The predicted molar refractivity (Wildman–Crippen MR) is 61.0 cm³/mol. The van der Waals surface area contributed by atoms with Crippen molar-refractivity contribution in [2.24, 2.45) is 5.92 Å². The number of carbonyl (C=O) groups is 1. The zero-order valence-electron chi connectivity index (χ0n) is 10.7. The van der Waals surface area contributed by atoms with Gasteiger partial charge in [0, 0.05) is 12.5 Å². The van der Waals surface area contributed by atoms with Crippen molar-refractivity contribution >= 4 is 5.97 Å². The summed E-state index contributed by atoms with van der Waals surface area (Å²) in [5, 5.41) is 10.2. The highest BCUT2D eigenvalue weighted by Crippen LogP contribution is 2.39. The van der Waals surface area contributed by atoms with E-state index in [0.29, 0.717) is 13.0 Å². The van der Waals surface area contributed by atoms with Crippen LogP contribution in [0.1, 0.15) is 40.0 Å². The Labute approximate surface area is 101 Å². The molecule has 1 saturated carbocycles. The molecule has 3 atom stereocenters. The minimum Gasteiger partial charge on any atom is -0.458 e. The van der Waals surface area contributed by atoms with E-state index in [4.69, 9.17) is 9.57 Å². The number of esters is 1. The molecule has 0 aromatic carbocycles. The summed E-state index contributed by atoms with van der Waals surface area (Å²) in [6.07, 6.45) is 1.53. The molecule has 2 N–H and O–H groups in total. The number of carbonyl (C=O) groups excluding carboxylic acids is 1. The first-order valence-electron chi connectivity index (χ1n) is 6.17. The van der Waals surface area contributed by atoms with E-state index in [2.05, 4.69) is 5.48 Å². The fraction of sp³-hybridized carbons (Fsp3) is 0.917. The molecule has 2 aliphatic rings. The third-order valence-electron chi connectivity index (χ3n) is 3.39. The lowest BCUT2D eigenvalue weighted by Crippen LogP contribution is -2.65. The van der Waals surface area contributed by atoms with Gasteiger partial charge in [-0.2, -0.15) is 0 Å². The number of fused-ring (bicyclic) bond motifs is 2. The molecule has 0 radical (unpaired) electrons. The maximum atomic E-state index is 12.2. The second-order valence-electron chi connectivity index (χ2n) is 5.94. The van der Waals surface area contributed by atoms with Crippen molar-refractivity contribution < 1.29 is 19.5 Å². The largest absolute Gasteiger partial charge is 0.458 e. The van der Waals surface area contributed by atoms with Crippen LogP contribution in [0.25, 0.3) is 0 Å². The molecule has 0 amide bonds. The minimum atomic E-state index is -1.21. The van der Waals surface area contributed by atoms with Crippen molar-refractivity contribution in [3.8, 4) is 0 Å². The van der Waals surface area contributed by atoms with Crippen LogP contribution in [0.15, 0.2) is 0 Å². The van der Waals surface area contributed by atoms with Gasteiger partial charge in [-0.1, -0.05) is 0 Å². The summed E-state index contributed by atoms with van der Waals surface area (Å²) in [5.41, 5.74) is 0.980. The van der Waals surface area contributed by atoms with E-state index in [-0.39, 0.29) is 5.92 Å². The molecule has 98 valence electrons. The van der Waals surface area contributed by atoms with Gasteiger partial charge < -0.3 is 9.84 Å². The SMILES string of the molecule is CC(C)(C)OC(=O)C12CCCC(CNO1)C2O. The first kappa shape index (κ1) is 12.8. The summed E-state index contributed by atoms with van der Waals surface area (Å²) < 4.78 is 5.36.